The van der Waals surface area contributed by atoms with Gasteiger partial charge in [-0.3, -0.25) is 9.78 Å². The van der Waals surface area contributed by atoms with Crippen LogP contribution in [-0.4, -0.2) is 21.8 Å². The zero-order valence-electron chi connectivity index (χ0n) is 15.3. The second kappa shape index (κ2) is 7.92. The molecule has 0 aliphatic carbocycles. The number of hydrogen-bond donors (Lipinski definition) is 2. The molecular formula is C22H20N4O2. The van der Waals surface area contributed by atoms with Crippen molar-refractivity contribution in [3.63, 3.8) is 0 Å². The van der Waals surface area contributed by atoms with E-state index in [1.54, 1.807) is 41.6 Å². The molecule has 0 bridgehead atoms. The van der Waals surface area contributed by atoms with E-state index in [4.69, 9.17) is 0 Å². The van der Waals surface area contributed by atoms with E-state index in [2.05, 4.69) is 15.6 Å². The van der Waals surface area contributed by atoms with Crippen LogP contribution < -0.4 is 10.6 Å². The Labute approximate surface area is 163 Å². The van der Waals surface area contributed by atoms with Gasteiger partial charge in [-0.1, -0.05) is 24.3 Å². The fraction of sp³-hybridized carbons (Fsp3) is 0.136. The Bertz CT molecular complexity index is 962. The van der Waals surface area contributed by atoms with Crippen LogP contribution in [0.3, 0.4) is 0 Å². The summed E-state index contributed by atoms with van der Waals surface area (Å²) in [6, 6.07) is 18.5. The van der Waals surface area contributed by atoms with Crippen LogP contribution in [0.5, 0.6) is 0 Å². The molecule has 0 unspecified atom stereocenters. The molecule has 6 heteroatoms. The summed E-state index contributed by atoms with van der Waals surface area (Å²) in [4.78, 5) is 30.5. The zero-order chi connectivity index (χ0) is 19.3. The van der Waals surface area contributed by atoms with Crippen LogP contribution in [0.2, 0.25) is 0 Å². The Morgan fingerprint density at radius 2 is 1.54 bits per heavy atom. The quantitative estimate of drug-likeness (QED) is 0.735. The number of benzene rings is 2. The van der Waals surface area contributed by atoms with Crippen molar-refractivity contribution in [2.45, 2.75) is 19.6 Å². The highest BCUT2D eigenvalue weighted by Crippen LogP contribution is 2.23. The lowest BCUT2D eigenvalue weighted by Crippen LogP contribution is -2.30. The predicted molar refractivity (Wildman–Crippen MR) is 107 cm³/mol. The maximum Gasteiger partial charge on any atom is 0.322 e. The summed E-state index contributed by atoms with van der Waals surface area (Å²) in [7, 11) is 0. The van der Waals surface area contributed by atoms with Crippen LogP contribution in [-0.2, 0) is 19.6 Å². The van der Waals surface area contributed by atoms with Crippen molar-refractivity contribution in [3.05, 3.63) is 95.3 Å². The standard InChI is InChI=1S/C22H20N4O2/c27-21(24-13-16-9-11-23-12-10-16)17-5-7-20(8-6-17)25-22(28)26-14-18-3-1-2-4-19(18)15-26/h1-12H,13-15H2,(H,24,27)(H,25,28). The maximum atomic E-state index is 12.5. The van der Waals surface area contributed by atoms with Gasteiger partial charge in [-0.05, 0) is 53.1 Å². The molecule has 0 saturated carbocycles. The van der Waals surface area contributed by atoms with Crippen molar-refractivity contribution in [2.75, 3.05) is 5.32 Å². The summed E-state index contributed by atoms with van der Waals surface area (Å²) < 4.78 is 0. The van der Waals surface area contributed by atoms with Gasteiger partial charge in [0, 0.05) is 43.3 Å². The Balaban J connectivity index is 1.32. The second-order valence-corrected chi connectivity index (χ2v) is 6.67. The molecule has 1 aliphatic rings. The number of amides is 3. The van der Waals surface area contributed by atoms with E-state index in [0.29, 0.717) is 30.9 Å². The lowest BCUT2D eigenvalue weighted by molar-refractivity contribution is 0.0951. The van der Waals surface area contributed by atoms with Crippen LogP contribution in [0.15, 0.2) is 73.1 Å². The van der Waals surface area contributed by atoms with Gasteiger partial charge in [-0.2, -0.15) is 0 Å². The Hall–Kier alpha value is -3.67. The summed E-state index contributed by atoms with van der Waals surface area (Å²) in [5.74, 6) is -0.162. The van der Waals surface area contributed by atoms with E-state index >= 15 is 0 Å². The summed E-state index contributed by atoms with van der Waals surface area (Å²) in [6.45, 7) is 1.66. The van der Waals surface area contributed by atoms with Crippen molar-refractivity contribution in [2.24, 2.45) is 0 Å². The first-order chi connectivity index (χ1) is 13.7. The Kier molecular flexibility index (Phi) is 5.01. The molecule has 1 aliphatic heterocycles. The molecule has 0 radical (unpaired) electrons. The van der Waals surface area contributed by atoms with Gasteiger partial charge in [0.05, 0.1) is 0 Å². The first-order valence-corrected chi connectivity index (χ1v) is 9.09. The number of carbonyl (C=O) groups excluding carboxylic acids is 2. The van der Waals surface area contributed by atoms with Gasteiger partial charge < -0.3 is 15.5 Å². The number of nitrogens with zero attached hydrogens (tertiary/aromatic N) is 2. The fourth-order valence-corrected chi connectivity index (χ4v) is 3.17. The highest BCUT2D eigenvalue weighted by Gasteiger charge is 2.22. The predicted octanol–water partition coefficient (Wildman–Crippen LogP) is 3.56. The third kappa shape index (κ3) is 4.01. The van der Waals surface area contributed by atoms with E-state index < -0.39 is 0 Å². The number of carbonyl (C=O) groups is 2. The molecule has 28 heavy (non-hydrogen) atoms. The summed E-state index contributed by atoms with van der Waals surface area (Å²) in [5, 5.41) is 5.76. The largest absolute Gasteiger partial charge is 0.348 e. The summed E-state index contributed by atoms with van der Waals surface area (Å²) >= 11 is 0. The lowest BCUT2D eigenvalue weighted by Gasteiger charge is -2.16. The van der Waals surface area contributed by atoms with Crippen molar-refractivity contribution >= 4 is 17.6 Å². The third-order valence-corrected chi connectivity index (χ3v) is 4.73. The summed E-state index contributed by atoms with van der Waals surface area (Å²) in [5.41, 5.74) is 4.55. The first-order valence-electron chi connectivity index (χ1n) is 9.09. The van der Waals surface area contributed by atoms with Gasteiger partial charge in [0.2, 0.25) is 0 Å². The van der Waals surface area contributed by atoms with Crippen LogP contribution in [0, 0.1) is 0 Å². The third-order valence-electron chi connectivity index (χ3n) is 4.73. The zero-order valence-corrected chi connectivity index (χ0v) is 15.3. The van der Waals surface area contributed by atoms with E-state index in [0.717, 1.165) is 5.56 Å². The first kappa shape index (κ1) is 17.7. The van der Waals surface area contributed by atoms with Crippen molar-refractivity contribution in [3.8, 4) is 0 Å². The number of hydrogen-bond acceptors (Lipinski definition) is 3. The minimum atomic E-state index is -0.162. The number of anilines is 1. The number of nitrogens with one attached hydrogen (secondary N) is 2. The van der Waals surface area contributed by atoms with Crippen molar-refractivity contribution in [1.82, 2.24) is 15.2 Å². The van der Waals surface area contributed by atoms with Gasteiger partial charge in [-0.25, -0.2) is 4.79 Å². The van der Waals surface area contributed by atoms with Crippen LogP contribution >= 0.6 is 0 Å². The van der Waals surface area contributed by atoms with Crippen LogP contribution in [0.1, 0.15) is 27.0 Å². The molecule has 6 nitrogen and oxygen atoms in total. The average Bonchev–Trinajstić information content (AvgIpc) is 3.18. The van der Waals surface area contributed by atoms with Crippen molar-refractivity contribution < 1.29 is 9.59 Å². The highest BCUT2D eigenvalue weighted by atomic mass is 16.2. The van der Waals surface area contributed by atoms with Crippen molar-refractivity contribution in [1.29, 1.82) is 0 Å². The van der Waals surface area contributed by atoms with Gasteiger partial charge >= 0.3 is 6.03 Å². The molecule has 0 fully saturated rings. The molecule has 2 aromatic carbocycles. The molecule has 2 heterocycles. The molecule has 1 aromatic heterocycles. The minimum Gasteiger partial charge on any atom is -0.348 e. The number of aromatic nitrogens is 1. The fourth-order valence-electron chi connectivity index (χ4n) is 3.17. The minimum absolute atomic E-state index is 0.147. The molecule has 0 saturated heterocycles. The normalized spacial score (nSPS) is 12.4. The number of pyridine rings is 1. The van der Waals surface area contributed by atoms with Crippen LogP contribution in [0.4, 0.5) is 10.5 Å². The molecule has 3 amide bonds. The lowest BCUT2D eigenvalue weighted by atomic mass is 10.1. The topological polar surface area (TPSA) is 74.3 Å². The smallest absolute Gasteiger partial charge is 0.322 e. The molecule has 2 N–H and O–H groups in total. The number of rotatable bonds is 4. The molecular weight excluding hydrogens is 352 g/mol. The molecule has 140 valence electrons. The van der Waals surface area contributed by atoms with Crippen LogP contribution in [0.25, 0.3) is 0 Å². The molecule has 4 rings (SSSR count). The molecule has 0 spiro atoms. The molecule has 3 aromatic rings. The Morgan fingerprint density at radius 1 is 0.893 bits per heavy atom. The summed E-state index contributed by atoms with van der Waals surface area (Å²) in [6.07, 6.45) is 3.38. The van der Waals surface area contributed by atoms with Gasteiger partial charge in [0.15, 0.2) is 0 Å². The maximum absolute atomic E-state index is 12.5. The van der Waals surface area contributed by atoms with E-state index in [9.17, 15) is 9.59 Å². The van der Waals surface area contributed by atoms with Gasteiger partial charge in [0.1, 0.15) is 0 Å². The second-order valence-electron chi connectivity index (χ2n) is 6.67. The van der Waals surface area contributed by atoms with Gasteiger partial charge in [0.25, 0.3) is 5.91 Å². The van der Waals surface area contributed by atoms with E-state index in [-0.39, 0.29) is 11.9 Å². The highest BCUT2D eigenvalue weighted by molar-refractivity contribution is 5.95. The number of urea groups is 1. The number of fused-ring (bicyclic) bond motifs is 1. The van der Waals surface area contributed by atoms with E-state index in [1.165, 1.54) is 11.1 Å². The monoisotopic (exact) mass is 372 g/mol. The Morgan fingerprint density at radius 3 is 2.18 bits per heavy atom. The SMILES string of the molecule is O=C(NCc1ccncc1)c1ccc(NC(=O)N2Cc3ccccc3C2)cc1. The van der Waals surface area contributed by atoms with Gasteiger partial charge in [-0.15, -0.1) is 0 Å². The average molecular weight is 372 g/mol. The molecule has 0 atom stereocenters. The van der Waals surface area contributed by atoms with E-state index in [1.807, 2.05) is 36.4 Å².